The van der Waals surface area contributed by atoms with Crippen LogP contribution >= 0.6 is 27.7 Å². The van der Waals surface area contributed by atoms with Gasteiger partial charge in [-0.3, -0.25) is 4.98 Å². The Morgan fingerprint density at radius 2 is 2.00 bits per heavy atom. The molecule has 1 aromatic carbocycles. The summed E-state index contributed by atoms with van der Waals surface area (Å²) in [5, 5.41) is 8.69. The number of rotatable bonds is 4. The molecule has 0 fully saturated rings. The van der Waals surface area contributed by atoms with E-state index in [9.17, 15) is 0 Å². The van der Waals surface area contributed by atoms with Gasteiger partial charge in [0.2, 0.25) is 5.89 Å². The zero-order chi connectivity index (χ0) is 13.8. The Balaban J connectivity index is 1.73. The van der Waals surface area contributed by atoms with Crippen LogP contribution in [0.4, 0.5) is 0 Å². The molecule has 0 aliphatic carbocycles. The highest BCUT2D eigenvalue weighted by molar-refractivity contribution is 9.10. The van der Waals surface area contributed by atoms with Crippen molar-refractivity contribution < 1.29 is 4.42 Å². The van der Waals surface area contributed by atoms with Crippen molar-refractivity contribution in [2.75, 3.05) is 0 Å². The van der Waals surface area contributed by atoms with Crippen LogP contribution < -0.4 is 0 Å². The van der Waals surface area contributed by atoms with Gasteiger partial charge in [-0.2, -0.15) is 0 Å². The summed E-state index contributed by atoms with van der Waals surface area (Å²) in [6, 6.07) is 11.7. The van der Waals surface area contributed by atoms with E-state index in [2.05, 4.69) is 31.1 Å². The van der Waals surface area contributed by atoms with Gasteiger partial charge in [-0.1, -0.05) is 30.0 Å². The van der Waals surface area contributed by atoms with Gasteiger partial charge in [-0.15, -0.1) is 10.2 Å². The number of pyridine rings is 1. The van der Waals surface area contributed by atoms with E-state index in [1.54, 1.807) is 6.20 Å². The third-order valence-corrected chi connectivity index (χ3v) is 4.18. The van der Waals surface area contributed by atoms with Gasteiger partial charge >= 0.3 is 0 Å². The lowest BCUT2D eigenvalue weighted by Crippen LogP contribution is -1.81. The zero-order valence-corrected chi connectivity index (χ0v) is 12.8. The summed E-state index contributed by atoms with van der Waals surface area (Å²) in [7, 11) is 0. The molecule has 20 heavy (non-hydrogen) atoms. The zero-order valence-electron chi connectivity index (χ0n) is 10.4. The van der Waals surface area contributed by atoms with Crippen LogP contribution in [0.3, 0.4) is 0 Å². The van der Waals surface area contributed by atoms with Crippen LogP contribution in [0.2, 0.25) is 0 Å². The van der Waals surface area contributed by atoms with E-state index in [0.717, 1.165) is 21.4 Å². The molecule has 0 radical (unpaired) electrons. The summed E-state index contributed by atoms with van der Waals surface area (Å²) in [5.74, 6) is 1.27. The fourth-order valence-corrected chi connectivity index (χ4v) is 2.79. The Morgan fingerprint density at radius 1 is 1.10 bits per heavy atom. The molecule has 0 bridgehead atoms. The lowest BCUT2D eigenvalue weighted by atomic mass is 10.2. The van der Waals surface area contributed by atoms with Crippen LogP contribution in [-0.4, -0.2) is 15.2 Å². The van der Waals surface area contributed by atoms with Crippen LogP contribution in [0, 0.1) is 0 Å². The fourth-order valence-electron chi connectivity index (χ4n) is 1.64. The third kappa shape index (κ3) is 3.08. The molecule has 0 atom stereocenters. The van der Waals surface area contributed by atoms with Crippen LogP contribution in [-0.2, 0) is 5.75 Å². The van der Waals surface area contributed by atoms with Gasteiger partial charge in [-0.05, 0) is 39.7 Å². The molecule has 2 aromatic heterocycles. The van der Waals surface area contributed by atoms with Gasteiger partial charge in [0.25, 0.3) is 5.22 Å². The topological polar surface area (TPSA) is 51.8 Å². The molecule has 100 valence electrons. The molecule has 4 nitrogen and oxygen atoms in total. The Labute approximate surface area is 128 Å². The lowest BCUT2D eigenvalue weighted by Gasteiger charge is -1.98. The molecule has 0 saturated heterocycles. The summed E-state index contributed by atoms with van der Waals surface area (Å²) < 4.78 is 6.60. The van der Waals surface area contributed by atoms with E-state index in [4.69, 9.17) is 4.42 Å². The maximum absolute atomic E-state index is 5.66. The normalized spacial score (nSPS) is 10.7. The lowest BCUT2D eigenvalue weighted by molar-refractivity contribution is 0.465. The highest BCUT2D eigenvalue weighted by Crippen LogP contribution is 2.29. The Kier molecular flexibility index (Phi) is 4.13. The van der Waals surface area contributed by atoms with Crippen LogP contribution in [0.1, 0.15) is 5.56 Å². The Hall–Kier alpha value is -1.66. The minimum absolute atomic E-state index is 0.520. The van der Waals surface area contributed by atoms with E-state index in [0.29, 0.717) is 11.1 Å². The van der Waals surface area contributed by atoms with Crippen molar-refractivity contribution in [3.63, 3.8) is 0 Å². The second-order valence-corrected chi connectivity index (χ2v) is 5.78. The molecule has 2 heterocycles. The highest BCUT2D eigenvalue weighted by Gasteiger charge is 2.11. The molecule has 3 aromatic rings. The molecule has 0 amide bonds. The average molecular weight is 348 g/mol. The SMILES string of the molecule is Brc1ccccc1-c1nnc(SCc2cccnc2)o1. The van der Waals surface area contributed by atoms with Crippen LogP contribution in [0.15, 0.2) is 62.9 Å². The maximum Gasteiger partial charge on any atom is 0.277 e. The predicted octanol–water partition coefficient (Wildman–Crippen LogP) is 4.19. The molecule has 6 heteroatoms. The molecular weight excluding hydrogens is 338 g/mol. The standard InChI is InChI=1S/C14H10BrN3OS/c15-12-6-2-1-5-11(12)13-17-18-14(19-13)20-9-10-4-3-7-16-8-10/h1-8H,9H2. The third-order valence-electron chi connectivity index (χ3n) is 2.60. The van der Waals surface area contributed by atoms with Crippen molar-refractivity contribution in [3.05, 3.63) is 58.8 Å². The summed E-state index contributed by atoms with van der Waals surface area (Å²) in [4.78, 5) is 4.08. The number of nitrogens with zero attached hydrogens (tertiary/aromatic N) is 3. The average Bonchev–Trinajstić information content (AvgIpc) is 2.95. The number of benzene rings is 1. The molecule has 0 spiro atoms. The van der Waals surface area contributed by atoms with E-state index >= 15 is 0 Å². The van der Waals surface area contributed by atoms with Crippen molar-refractivity contribution in [1.29, 1.82) is 0 Å². The molecule has 0 saturated carbocycles. The summed E-state index contributed by atoms with van der Waals surface area (Å²) in [6.45, 7) is 0. The van der Waals surface area contributed by atoms with Gasteiger partial charge in [-0.25, -0.2) is 0 Å². The van der Waals surface area contributed by atoms with E-state index in [1.807, 2.05) is 42.6 Å². The minimum Gasteiger partial charge on any atom is -0.411 e. The van der Waals surface area contributed by atoms with E-state index < -0.39 is 0 Å². The maximum atomic E-state index is 5.66. The molecule has 3 rings (SSSR count). The van der Waals surface area contributed by atoms with Crippen molar-refractivity contribution in [2.45, 2.75) is 11.0 Å². The first-order chi connectivity index (χ1) is 9.83. The van der Waals surface area contributed by atoms with Gasteiger partial charge in [0, 0.05) is 22.6 Å². The number of aromatic nitrogens is 3. The molecule has 0 unspecified atom stereocenters. The van der Waals surface area contributed by atoms with Crippen molar-refractivity contribution >= 4 is 27.7 Å². The fraction of sp³-hybridized carbons (Fsp3) is 0.0714. The van der Waals surface area contributed by atoms with Crippen LogP contribution in [0.25, 0.3) is 11.5 Å². The predicted molar refractivity (Wildman–Crippen MR) is 81.2 cm³/mol. The second kappa shape index (κ2) is 6.19. The number of hydrogen-bond acceptors (Lipinski definition) is 5. The Bertz CT molecular complexity index is 702. The summed E-state index contributed by atoms with van der Waals surface area (Å²) >= 11 is 4.97. The first-order valence-electron chi connectivity index (χ1n) is 5.93. The van der Waals surface area contributed by atoms with Crippen molar-refractivity contribution in [2.24, 2.45) is 0 Å². The first kappa shape index (κ1) is 13.3. The molecule has 0 aliphatic heterocycles. The molecule has 0 N–H and O–H groups in total. The van der Waals surface area contributed by atoms with E-state index in [-0.39, 0.29) is 0 Å². The van der Waals surface area contributed by atoms with Gasteiger partial charge in [0.05, 0.1) is 5.56 Å². The van der Waals surface area contributed by atoms with Crippen LogP contribution in [0.5, 0.6) is 0 Å². The first-order valence-corrected chi connectivity index (χ1v) is 7.71. The Morgan fingerprint density at radius 3 is 2.80 bits per heavy atom. The number of halogens is 1. The highest BCUT2D eigenvalue weighted by atomic mass is 79.9. The van der Waals surface area contributed by atoms with Gasteiger partial charge in [0.1, 0.15) is 0 Å². The minimum atomic E-state index is 0.520. The smallest absolute Gasteiger partial charge is 0.277 e. The number of hydrogen-bond donors (Lipinski definition) is 0. The summed E-state index contributed by atoms with van der Waals surface area (Å²) in [5.41, 5.74) is 2.02. The second-order valence-electron chi connectivity index (χ2n) is 4.00. The van der Waals surface area contributed by atoms with Crippen molar-refractivity contribution in [1.82, 2.24) is 15.2 Å². The number of thioether (sulfide) groups is 1. The van der Waals surface area contributed by atoms with Gasteiger partial charge in [0.15, 0.2) is 0 Å². The molecule has 0 aliphatic rings. The van der Waals surface area contributed by atoms with Gasteiger partial charge < -0.3 is 4.42 Å². The largest absolute Gasteiger partial charge is 0.411 e. The van der Waals surface area contributed by atoms with E-state index in [1.165, 1.54) is 11.8 Å². The summed E-state index contributed by atoms with van der Waals surface area (Å²) in [6.07, 6.45) is 3.59. The molecular formula is C14H10BrN3OS. The monoisotopic (exact) mass is 347 g/mol. The van der Waals surface area contributed by atoms with Crippen molar-refractivity contribution in [3.8, 4) is 11.5 Å². The quantitative estimate of drug-likeness (QED) is 0.662.